The van der Waals surface area contributed by atoms with Crippen LogP contribution in [-0.4, -0.2) is 30.1 Å². The largest absolute Gasteiger partial charge is 0.495 e. The van der Waals surface area contributed by atoms with Crippen LogP contribution < -0.4 is 15.2 Å². The highest BCUT2D eigenvalue weighted by Gasteiger charge is 2.09. The lowest BCUT2D eigenvalue weighted by Crippen LogP contribution is -1.98. The molecule has 0 bridgehead atoms. The Morgan fingerprint density at radius 3 is 2.35 bits per heavy atom. The minimum absolute atomic E-state index is 0.342. The molecule has 0 aliphatic heterocycles. The summed E-state index contributed by atoms with van der Waals surface area (Å²) in [6, 6.07) is 3.69. The fourth-order valence-electron chi connectivity index (χ4n) is 1.69. The summed E-state index contributed by atoms with van der Waals surface area (Å²) < 4.78 is 12.8. The van der Waals surface area contributed by atoms with Crippen LogP contribution in [0.3, 0.4) is 0 Å². The van der Waals surface area contributed by atoms with E-state index in [4.69, 9.17) is 15.2 Å². The minimum Gasteiger partial charge on any atom is -0.495 e. The van der Waals surface area contributed by atoms with Crippen LogP contribution in [-0.2, 0) is 0 Å². The Bertz CT molecular complexity index is 627. The first-order chi connectivity index (χ1) is 9.55. The van der Waals surface area contributed by atoms with E-state index >= 15 is 0 Å². The van der Waals surface area contributed by atoms with Crippen molar-refractivity contribution in [2.75, 3.05) is 20.0 Å². The molecule has 6 nitrogen and oxygen atoms in total. The Balaban J connectivity index is 2.36. The van der Waals surface area contributed by atoms with Gasteiger partial charge in [0.2, 0.25) is 5.95 Å². The fraction of sp³-hybridized carbons (Fsp3) is 0.231. The average molecular weight is 339 g/mol. The van der Waals surface area contributed by atoms with Gasteiger partial charge in [0.05, 0.1) is 32.3 Å². The van der Waals surface area contributed by atoms with Crippen LogP contribution in [0, 0.1) is 6.92 Å². The van der Waals surface area contributed by atoms with E-state index in [1.807, 2.05) is 19.1 Å². The third kappa shape index (κ3) is 2.93. The summed E-state index contributed by atoms with van der Waals surface area (Å²) in [5.41, 5.74) is 7.36. The lowest BCUT2D eigenvalue weighted by molar-refractivity contribution is 0.389. The minimum atomic E-state index is 0.342. The molecular weight excluding hydrogens is 324 g/mol. The molecule has 0 atom stereocenters. The van der Waals surface area contributed by atoms with Crippen molar-refractivity contribution in [3.63, 3.8) is 0 Å². The third-order valence-electron chi connectivity index (χ3n) is 2.63. The van der Waals surface area contributed by atoms with Crippen LogP contribution in [0.15, 0.2) is 27.9 Å². The normalized spacial score (nSPS) is 11.0. The monoisotopic (exact) mass is 338 g/mol. The summed E-state index contributed by atoms with van der Waals surface area (Å²) in [5.74, 6) is 1.68. The van der Waals surface area contributed by atoms with Crippen LogP contribution >= 0.6 is 15.9 Å². The molecule has 2 aromatic rings. The summed E-state index contributed by atoms with van der Waals surface area (Å²) >= 11 is 3.42. The van der Waals surface area contributed by atoms with Gasteiger partial charge in [0.25, 0.3) is 0 Å². The van der Waals surface area contributed by atoms with Crippen molar-refractivity contribution in [3.8, 4) is 11.5 Å². The maximum Gasteiger partial charge on any atom is 0.221 e. The van der Waals surface area contributed by atoms with Crippen LogP contribution in [0.4, 0.5) is 5.95 Å². The van der Waals surface area contributed by atoms with Crippen molar-refractivity contribution in [3.05, 3.63) is 34.1 Å². The molecule has 0 saturated heterocycles. The molecule has 0 fully saturated rings. The zero-order valence-electron chi connectivity index (χ0n) is 11.4. The van der Waals surface area contributed by atoms with Gasteiger partial charge in [0.1, 0.15) is 16.0 Å². The summed E-state index contributed by atoms with van der Waals surface area (Å²) in [6.07, 6.45) is 3.41. The van der Waals surface area contributed by atoms with Gasteiger partial charge in [-0.3, -0.25) is 0 Å². The van der Waals surface area contributed by atoms with Crippen LogP contribution in [0.5, 0.6) is 11.5 Å². The molecule has 106 valence electrons. The highest BCUT2D eigenvalue weighted by Crippen LogP contribution is 2.35. The second-order valence-electron chi connectivity index (χ2n) is 4.07. The van der Waals surface area contributed by atoms with Gasteiger partial charge in [-0.15, -0.1) is 0 Å². The number of nitrogens with zero attached hydrogens (tertiary/aromatic N) is 3. The van der Waals surface area contributed by atoms with Gasteiger partial charge in [-0.25, -0.2) is 9.66 Å². The second kappa shape index (κ2) is 5.96. The van der Waals surface area contributed by atoms with E-state index in [2.05, 4.69) is 26.0 Å². The van der Waals surface area contributed by atoms with E-state index in [1.165, 1.54) is 4.68 Å². The molecule has 0 saturated carbocycles. The van der Waals surface area contributed by atoms with E-state index < -0.39 is 0 Å². The number of methoxy groups -OCH3 is 2. The van der Waals surface area contributed by atoms with Gasteiger partial charge in [0, 0.05) is 5.56 Å². The van der Waals surface area contributed by atoms with Gasteiger partial charge in [0.15, 0.2) is 0 Å². The van der Waals surface area contributed by atoms with E-state index in [0.717, 1.165) is 15.7 Å². The van der Waals surface area contributed by atoms with Crippen molar-refractivity contribution >= 4 is 28.1 Å². The number of nitrogen functional groups attached to an aromatic ring is 1. The molecule has 20 heavy (non-hydrogen) atoms. The smallest absolute Gasteiger partial charge is 0.221 e. The topological polar surface area (TPSA) is 74.7 Å². The van der Waals surface area contributed by atoms with Gasteiger partial charge in [-0.2, -0.15) is 5.10 Å². The summed E-state index contributed by atoms with van der Waals surface area (Å²) in [6.45, 7) is 1.86. The van der Waals surface area contributed by atoms with Gasteiger partial charge < -0.3 is 15.2 Å². The first kappa shape index (κ1) is 14.4. The maximum atomic E-state index is 5.72. The molecular formula is C13H15BrN4O2. The summed E-state index contributed by atoms with van der Waals surface area (Å²) in [4.78, 5) is 4.08. The average Bonchev–Trinajstić information content (AvgIpc) is 2.75. The predicted octanol–water partition coefficient (Wildman–Crippen LogP) is 2.44. The Morgan fingerprint density at radius 2 is 1.90 bits per heavy atom. The lowest BCUT2D eigenvalue weighted by atomic mass is 10.2. The first-order valence-corrected chi connectivity index (χ1v) is 6.61. The molecule has 2 N–H and O–H groups in total. The van der Waals surface area contributed by atoms with E-state index in [9.17, 15) is 0 Å². The number of imidazole rings is 1. The number of halogens is 1. The Hall–Kier alpha value is -2.02. The fourth-order valence-corrected chi connectivity index (χ4v) is 2.24. The molecule has 1 aromatic heterocycles. The highest BCUT2D eigenvalue weighted by atomic mass is 79.9. The molecule has 1 aromatic carbocycles. The molecule has 0 aliphatic carbocycles. The zero-order chi connectivity index (χ0) is 14.7. The van der Waals surface area contributed by atoms with Crippen LogP contribution in [0.25, 0.3) is 0 Å². The van der Waals surface area contributed by atoms with Gasteiger partial charge >= 0.3 is 0 Å². The Morgan fingerprint density at radius 1 is 1.30 bits per heavy atom. The summed E-state index contributed by atoms with van der Waals surface area (Å²) in [7, 11) is 3.19. The standard InChI is InChI=1S/C13H15BrN4O2/c1-8-7-18(13(15)17-8)16-6-9-4-10(19-2)12(14)11(5-9)20-3/h4-7H,1-3H3,(H2,15,17). The van der Waals surface area contributed by atoms with Crippen LogP contribution in [0.2, 0.25) is 0 Å². The predicted molar refractivity (Wildman–Crippen MR) is 81.6 cm³/mol. The first-order valence-electron chi connectivity index (χ1n) is 5.82. The zero-order valence-corrected chi connectivity index (χ0v) is 13.0. The quantitative estimate of drug-likeness (QED) is 0.869. The molecule has 2 rings (SSSR count). The lowest BCUT2D eigenvalue weighted by Gasteiger charge is -2.09. The second-order valence-corrected chi connectivity index (χ2v) is 4.86. The molecule has 7 heteroatoms. The molecule has 0 aliphatic rings. The Labute approximate surface area is 125 Å². The number of aryl methyl sites for hydroxylation is 1. The number of anilines is 1. The highest BCUT2D eigenvalue weighted by molar-refractivity contribution is 9.10. The number of nitrogens with two attached hydrogens (primary N) is 1. The number of aromatic nitrogens is 2. The Kier molecular flexibility index (Phi) is 4.29. The van der Waals surface area contributed by atoms with Crippen LogP contribution in [0.1, 0.15) is 11.3 Å². The van der Waals surface area contributed by atoms with E-state index in [0.29, 0.717) is 17.4 Å². The number of hydrogen-bond donors (Lipinski definition) is 1. The van der Waals surface area contributed by atoms with Gasteiger partial charge in [-0.05, 0) is 35.0 Å². The number of benzene rings is 1. The summed E-state index contributed by atoms with van der Waals surface area (Å²) in [5, 5.41) is 4.26. The maximum absolute atomic E-state index is 5.72. The van der Waals surface area contributed by atoms with Gasteiger partial charge in [-0.1, -0.05) is 0 Å². The number of ether oxygens (including phenoxy) is 2. The molecule has 0 unspecified atom stereocenters. The van der Waals surface area contributed by atoms with Crippen molar-refractivity contribution in [2.45, 2.75) is 6.92 Å². The van der Waals surface area contributed by atoms with Crippen molar-refractivity contribution in [2.24, 2.45) is 5.10 Å². The molecule has 0 radical (unpaired) electrons. The third-order valence-corrected chi connectivity index (χ3v) is 3.42. The van der Waals surface area contributed by atoms with E-state index in [1.54, 1.807) is 26.6 Å². The van der Waals surface area contributed by atoms with Crippen molar-refractivity contribution in [1.82, 2.24) is 9.66 Å². The molecule has 0 spiro atoms. The molecule has 1 heterocycles. The number of hydrogen-bond acceptors (Lipinski definition) is 5. The van der Waals surface area contributed by atoms with E-state index in [-0.39, 0.29) is 0 Å². The SMILES string of the molecule is COc1cc(C=Nn2cc(C)nc2N)cc(OC)c1Br. The van der Waals surface area contributed by atoms with Crippen molar-refractivity contribution in [1.29, 1.82) is 0 Å². The number of rotatable bonds is 4. The molecule has 0 amide bonds. The van der Waals surface area contributed by atoms with Crippen molar-refractivity contribution < 1.29 is 9.47 Å².